The van der Waals surface area contributed by atoms with Gasteiger partial charge in [0.15, 0.2) is 16.6 Å². The van der Waals surface area contributed by atoms with Crippen molar-refractivity contribution in [2.45, 2.75) is 19.8 Å². The Hall–Kier alpha value is -3.63. The number of hydrogen-bond donors (Lipinski definition) is 4. The molecular weight excluding hydrogens is 480 g/mol. The molecule has 4 N–H and O–H groups in total. The number of nitrogens with one attached hydrogen (secondary N) is 4. The first-order valence-electron chi connectivity index (χ1n) is 10.1. The molecule has 0 radical (unpaired) electrons. The van der Waals surface area contributed by atoms with Gasteiger partial charge in [-0.1, -0.05) is 23.7 Å². The van der Waals surface area contributed by atoms with Crippen LogP contribution in [0.1, 0.15) is 24.0 Å². The van der Waals surface area contributed by atoms with Crippen LogP contribution in [-0.4, -0.2) is 37.1 Å². The van der Waals surface area contributed by atoms with Gasteiger partial charge in [0.2, 0.25) is 17.7 Å². The van der Waals surface area contributed by atoms with Gasteiger partial charge in [-0.2, -0.15) is 0 Å². The van der Waals surface area contributed by atoms with Crippen LogP contribution in [0, 0.1) is 6.92 Å². The van der Waals surface area contributed by atoms with E-state index in [0.717, 1.165) is 5.56 Å². The lowest BCUT2D eigenvalue weighted by Crippen LogP contribution is -2.48. The molecule has 0 aliphatic rings. The van der Waals surface area contributed by atoms with Crippen molar-refractivity contribution in [2.24, 2.45) is 0 Å². The van der Waals surface area contributed by atoms with Crippen LogP contribution in [0.2, 0.25) is 5.02 Å². The first-order valence-corrected chi connectivity index (χ1v) is 10.9. The smallest absolute Gasteiger partial charge is 0.250 e. The van der Waals surface area contributed by atoms with E-state index >= 15 is 0 Å². The van der Waals surface area contributed by atoms with Crippen LogP contribution < -0.4 is 31.0 Å². The minimum Gasteiger partial charge on any atom is -0.493 e. The number of anilines is 1. The molecule has 0 bridgehead atoms. The number of thiocarbonyl (C=S) groups is 1. The SMILES string of the molecule is COc1ccc(C=CC(=O)NC(=S)NNC(=O)CCC(=O)Nc2cccc(Cl)c2C)cc1OC. The number of hydrazine groups is 1. The molecule has 0 aliphatic heterocycles. The summed E-state index contributed by atoms with van der Waals surface area (Å²) < 4.78 is 10.4. The van der Waals surface area contributed by atoms with E-state index in [1.54, 1.807) is 49.4 Å². The number of benzene rings is 2. The zero-order chi connectivity index (χ0) is 25.1. The highest BCUT2D eigenvalue weighted by Gasteiger charge is 2.10. The topological polar surface area (TPSA) is 118 Å². The standard InChI is InChI=1S/C23H25ClN4O5S/c1-14-16(24)5-4-6-17(14)25-20(29)11-12-22(31)27-28-23(34)26-21(30)10-8-15-7-9-18(32-2)19(13-15)33-3/h4-10,13H,11-12H2,1-3H3,(H,25,29)(H,27,31)(H2,26,28,30,34). The highest BCUT2D eigenvalue weighted by molar-refractivity contribution is 7.80. The van der Waals surface area contributed by atoms with Gasteiger partial charge in [-0.05, 0) is 60.6 Å². The van der Waals surface area contributed by atoms with Gasteiger partial charge in [0.1, 0.15) is 0 Å². The second kappa shape index (κ2) is 13.2. The van der Waals surface area contributed by atoms with E-state index < -0.39 is 11.8 Å². The van der Waals surface area contributed by atoms with Gasteiger partial charge in [-0.3, -0.25) is 30.6 Å². The predicted molar refractivity (Wildman–Crippen MR) is 135 cm³/mol. The van der Waals surface area contributed by atoms with Crippen LogP contribution in [0.5, 0.6) is 11.5 Å². The lowest BCUT2D eigenvalue weighted by atomic mass is 10.2. The molecule has 180 valence electrons. The van der Waals surface area contributed by atoms with Gasteiger partial charge in [0, 0.05) is 29.6 Å². The Bertz CT molecular complexity index is 1110. The highest BCUT2D eigenvalue weighted by Crippen LogP contribution is 2.28. The van der Waals surface area contributed by atoms with Gasteiger partial charge >= 0.3 is 0 Å². The number of carbonyl (C=O) groups excluding carboxylic acids is 3. The Balaban J connectivity index is 1.73. The van der Waals surface area contributed by atoms with E-state index in [-0.39, 0.29) is 23.9 Å². The maximum Gasteiger partial charge on any atom is 0.250 e. The summed E-state index contributed by atoms with van der Waals surface area (Å²) in [6.07, 6.45) is 2.71. The summed E-state index contributed by atoms with van der Waals surface area (Å²) in [5, 5.41) is 5.54. The Labute approximate surface area is 207 Å². The van der Waals surface area contributed by atoms with E-state index in [2.05, 4.69) is 21.5 Å². The van der Waals surface area contributed by atoms with Crippen LogP contribution in [0.15, 0.2) is 42.5 Å². The number of methoxy groups -OCH3 is 2. The summed E-state index contributed by atoms with van der Waals surface area (Å²) in [5.41, 5.74) is 6.78. The molecule has 0 aromatic heterocycles. The number of rotatable bonds is 8. The zero-order valence-corrected chi connectivity index (χ0v) is 20.4. The molecule has 3 amide bonds. The molecule has 0 heterocycles. The van der Waals surface area contributed by atoms with Crippen LogP contribution in [0.3, 0.4) is 0 Å². The molecule has 0 atom stereocenters. The molecule has 34 heavy (non-hydrogen) atoms. The highest BCUT2D eigenvalue weighted by atomic mass is 35.5. The molecular formula is C23H25ClN4O5S. The van der Waals surface area contributed by atoms with E-state index in [0.29, 0.717) is 27.8 Å². The fraction of sp³-hybridized carbons (Fsp3) is 0.217. The number of halogens is 1. The summed E-state index contributed by atoms with van der Waals surface area (Å²) in [6.45, 7) is 1.78. The maximum atomic E-state index is 12.1. The third-order valence-electron chi connectivity index (χ3n) is 4.51. The quantitative estimate of drug-likeness (QED) is 0.248. The average Bonchev–Trinajstić information content (AvgIpc) is 2.82. The Kier molecular flexibility index (Phi) is 10.3. The molecule has 0 aliphatic carbocycles. The van der Waals surface area contributed by atoms with Crippen molar-refractivity contribution in [3.05, 3.63) is 58.6 Å². The average molecular weight is 505 g/mol. The number of amides is 3. The fourth-order valence-electron chi connectivity index (χ4n) is 2.68. The van der Waals surface area contributed by atoms with Gasteiger partial charge in [-0.15, -0.1) is 0 Å². The molecule has 0 saturated heterocycles. The molecule has 0 saturated carbocycles. The van der Waals surface area contributed by atoms with Gasteiger partial charge in [0.25, 0.3) is 0 Å². The van der Waals surface area contributed by atoms with Crippen molar-refractivity contribution in [3.63, 3.8) is 0 Å². The number of ether oxygens (including phenoxy) is 2. The van der Waals surface area contributed by atoms with Crippen molar-refractivity contribution < 1.29 is 23.9 Å². The monoisotopic (exact) mass is 504 g/mol. The molecule has 9 nitrogen and oxygen atoms in total. The first-order chi connectivity index (χ1) is 16.2. The largest absolute Gasteiger partial charge is 0.493 e. The summed E-state index contributed by atoms with van der Waals surface area (Å²) in [7, 11) is 3.05. The first kappa shape index (κ1) is 26.6. The van der Waals surface area contributed by atoms with Crippen LogP contribution >= 0.6 is 23.8 Å². The summed E-state index contributed by atoms with van der Waals surface area (Å²) in [6, 6.07) is 10.4. The van der Waals surface area contributed by atoms with Crippen molar-refractivity contribution in [1.29, 1.82) is 0 Å². The molecule has 2 rings (SSSR count). The number of hydrogen-bond acceptors (Lipinski definition) is 6. The van der Waals surface area contributed by atoms with Crippen molar-refractivity contribution in [3.8, 4) is 11.5 Å². The van der Waals surface area contributed by atoms with Crippen LogP contribution in [-0.2, 0) is 14.4 Å². The van der Waals surface area contributed by atoms with Gasteiger partial charge < -0.3 is 14.8 Å². The maximum absolute atomic E-state index is 12.1. The minimum absolute atomic E-state index is 0.0490. The lowest BCUT2D eigenvalue weighted by molar-refractivity contribution is -0.124. The second-order valence-corrected chi connectivity index (χ2v) is 7.72. The predicted octanol–water partition coefficient (Wildman–Crippen LogP) is 3.12. The fourth-order valence-corrected chi connectivity index (χ4v) is 3.01. The van der Waals surface area contributed by atoms with E-state index in [1.807, 2.05) is 0 Å². The van der Waals surface area contributed by atoms with Crippen LogP contribution in [0.4, 0.5) is 5.69 Å². The molecule has 0 unspecified atom stereocenters. The summed E-state index contributed by atoms with van der Waals surface area (Å²) >= 11 is 11.0. The van der Waals surface area contributed by atoms with E-state index in [9.17, 15) is 14.4 Å². The van der Waals surface area contributed by atoms with Crippen molar-refractivity contribution in [1.82, 2.24) is 16.2 Å². The lowest BCUT2D eigenvalue weighted by Gasteiger charge is -2.11. The molecule has 2 aromatic carbocycles. The molecule has 0 spiro atoms. The van der Waals surface area contributed by atoms with E-state index in [4.69, 9.17) is 33.3 Å². The minimum atomic E-state index is -0.502. The normalized spacial score (nSPS) is 10.4. The molecule has 2 aromatic rings. The molecule has 11 heteroatoms. The summed E-state index contributed by atoms with van der Waals surface area (Å²) in [4.78, 5) is 36.1. The van der Waals surface area contributed by atoms with Crippen molar-refractivity contribution >= 4 is 58.4 Å². The van der Waals surface area contributed by atoms with E-state index in [1.165, 1.54) is 20.3 Å². The third-order valence-corrected chi connectivity index (χ3v) is 5.12. The second-order valence-electron chi connectivity index (χ2n) is 6.90. The Morgan fingerprint density at radius 3 is 2.41 bits per heavy atom. The Morgan fingerprint density at radius 2 is 1.71 bits per heavy atom. The van der Waals surface area contributed by atoms with Gasteiger partial charge in [-0.25, -0.2) is 0 Å². The zero-order valence-electron chi connectivity index (χ0n) is 18.9. The number of carbonyl (C=O) groups is 3. The van der Waals surface area contributed by atoms with Crippen molar-refractivity contribution in [2.75, 3.05) is 19.5 Å². The molecule has 0 fully saturated rings. The Morgan fingerprint density at radius 1 is 1.00 bits per heavy atom. The van der Waals surface area contributed by atoms with Gasteiger partial charge in [0.05, 0.1) is 14.2 Å². The summed E-state index contributed by atoms with van der Waals surface area (Å²) in [5.74, 6) is -0.214. The third kappa shape index (κ3) is 8.38. The van der Waals surface area contributed by atoms with Crippen LogP contribution in [0.25, 0.3) is 6.08 Å².